The lowest BCUT2D eigenvalue weighted by Gasteiger charge is -2.20. The van der Waals surface area contributed by atoms with Crippen molar-refractivity contribution in [3.8, 4) is 11.4 Å². The second-order valence-electron chi connectivity index (χ2n) is 10.6. The Bertz CT molecular complexity index is 1750. The molecule has 5 rings (SSSR count). The lowest BCUT2D eigenvalue weighted by Crippen LogP contribution is -2.40. The third-order valence-electron chi connectivity index (χ3n) is 6.06. The number of benzene rings is 1. The average Bonchev–Trinajstić information content (AvgIpc) is 3.59. The van der Waals surface area contributed by atoms with Gasteiger partial charge in [-0.2, -0.15) is 18.3 Å². The highest BCUT2D eigenvalue weighted by Gasteiger charge is 2.38. The fraction of sp³-hybridized carbons (Fsp3) is 0.321. The van der Waals surface area contributed by atoms with Gasteiger partial charge in [-0.1, -0.05) is 23.7 Å². The summed E-state index contributed by atoms with van der Waals surface area (Å²) in [5.41, 5.74) is 5.51. The van der Waals surface area contributed by atoms with E-state index in [9.17, 15) is 18.0 Å². The maximum atomic E-state index is 12.3. The molecule has 5 aromatic rings. The highest BCUT2D eigenvalue weighted by atomic mass is 35.5. The van der Waals surface area contributed by atoms with Gasteiger partial charge in [0.15, 0.2) is 5.65 Å². The molecule has 1 aromatic carbocycles. The Morgan fingerprint density at radius 2 is 1.74 bits per heavy atom. The molecule has 0 aliphatic carbocycles. The first-order valence-electron chi connectivity index (χ1n) is 12.9. The summed E-state index contributed by atoms with van der Waals surface area (Å²) in [5.74, 6) is -1.92. The zero-order valence-electron chi connectivity index (χ0n) is 23.3. The van der Waals surface area contributed by atoms with Crippen molar-refractivity contribution in [2.75, 3.05) is 0 Å². The molecular formula is C28H29ClF3N7O3. The number of carboxylic acids is 1. The van der Waals surface area contributed by atoms with Crippen LogP contribution in [0.3, 0.4) is 0 Å². The number of halogens is 4. The van der Waals surface area contributed by atoms with Crippen LogP contribution in [0, 0.1) is 6.92 Å². The Morgan fingerprint density at radius 3 is 2.38 bits per heavy atom. The Hall–Kier alpha value is -4.39. The van der Waals surface area contributed by atoms with Crippen molar-refractivity contribution in [1.29, 1.82) is 0 Å². The SMILES string of the molecule is Cc1nnc2ccc3c(cc(-c4ccn(CCC(=O)NC(C)(C)C)n4)n3Cc3cccc(Cl)c3)n12.O=C(O)C(F)(F)F. The Morgan fingerprint density at radius 1 is 1.02 bits per heavy atom. The van der Waals surface area contributed by atoms with Crippen LogP contribution in [0.4, 0.5) is 13.2 Å². The largest absolute Gasteiger partial charge is 0.490 e. The van der Waals surface area contributed by atoms with Crippen LogP contribution in [0.25, 0.3) is 28.1 Å². The normalized spacial score (nSPS) is 11.9. The number of nitrogens with zero attached hydrogens (tertiary/aromatic N) is 6. The summed E-state index contributed by atoms with van der Waals surface area (Å²) >= 11 is 6.27. The average molecular weight is 604 g/mol. The van der Waals surface area contributed by atoms with Gasteiger partial charge in [0.1, 0.15) is 11.5 Å². The maximum absolute atomic E-state index is 12.3. The summed E-state index contributed by atoms with van der Waals surface area (Å²) in [6, 6.07) is 16.0. The predicted octanol–water partition coefficient (Wildman–Crippen LogP) is 5.50. The van der Waals surface area contributed by atoms with Crippen molar-refractivity contribution < 1.29 is 27.9 Å². The minimum Gasteiger partial charge on any atom is -0.475 e. The second kappa shape index (κ2) is 11.8. The molecule has 0 atom stereocenters. The van der Waals surface area contributed by atoms with Crippen LogP contribution in [0.5, 0.6) is 0 Å². The summed E-state index contributed by atoms with van der Waals surface area (Å²) in [5, 5.41) is 24.2. The number of aromatic nitrogens is 6. The molecule has 0 saturated heterocycles. The van der Waals surface area contributed by atoms with Crippen LogP contribution in [0.15, 0.2) is 54.7 Å². The van der Waals surface area contributed by atoms with E-state index in [1.165, 1.54) is 0 Å². The lowest BCUT2D eigenvalue weighted by molar-refractivity contribution is -0.192. The van der Waals surface area contributed by atoms with Gasteiger partial charge in [-0.05, 0) is 69.7 Å². The first-order chi connectivity index (χ1) is 19.6. The standard InChI is InChI=1S/C26H28ClN7O.C2HF3O2/c1-17-29-30-24-9-8-21-23(34(17)24)15-22(33(21)16-18-6-5-7-19(27)14-18)20-10-12-32(31-20)13-11-25(35)28-26(2,3)4;3-2(4,5)1(6)7/h5-10,12,14-15H,11,13,16H2,1-4H3,(H,28,35);(H,6,7). The fourth-order valence-corrected chi connectivity index (χ4v) is 4.57. The molecule has 222 valence electrons. The molecule has 2 N–H and O–H groups in total. The summed E-state index contributed by atoms with van der Waals surface area (Å²) in [7, 11) is 0. The predicted molar refractivity (Wildman–Crippen MR) is 151 cm³/mol. The molecule has 4 heterocycles. The molecule has 4 aromatic heterocycles. The van der Waals surface area contributed by atoms with E-state index in [1.807, 2.05) is 68.9 Å². The van der Waals surface area contributed by atoms with Gasteiger partial charge >= 0.3 is 12.1 Å². The highest BCUT2D eigenvalue weighted by Crippen LogP contribution is 2.30. The van der Waals surface area contributed by atoms with Crippen LogP contribution >= 0.6 is 11.6 Å². The Labute approximate surface area is 243 Å². The Balaban J connectivity index is 0.000000517. The number of hydrogen-bond acceptors (Lipinski definition) is 5. The third kappa shape index (κ3) is 7.27. The molecule has 0 bridgehead atoms. The number of hydrogen-bond donors (Lipinski definition) is 2. The maximum Gasteiger partial charge on any atom is 0.490 e. The fourth-order valence-electron chi connectivity index (χ4n) is 4.36. The molecule has 0 fully saturated rings. The molecule has 42 heavy (non-hydrogen) atoms. The summed E-state index contributed by atoms with van der Waals surface area (Å²) in [6.45, 7) is 9.02. The highest BCUT2D eigenvalue weighted by molar-refractivity contribution is 6.30. The van der Waals surface area contributed by atoms with Gasteiger partial charge in [-0.25, -0.2) is 4.79 Å². The minimum atomic E-state index is -5.08. The monoisotopic (exact) mass is 603 g/mol. The number of carboxylic acid groups (broad SMARTS) is 1. The molecule has 0 aliphatic rings. The van der Waals surface area contributed by atoms with Gasteiger partial charge < -0.3 is 15.0 Å². The van der Waals surface area contributed by atoms with E-state index in [-0.39, 0.29) is 11.4 Å². The molecule has 0 aliphatic heterocycles. The number of pyridine rings is 1. The number of carbonyl (C=O) groups is 2. The summed E-state index contributed by atoms with van der Waals surface area (Å²) < 4.78 is 37.8. The number of alkyl halides is 3. The van der Waals surface area contributed by atoms with Crippen LogP contribution in [-0.4, -0.2) is 57.6 Å². The Kier molecular flexibility index (Phi) is 8.62. The van der Waals surface area contributed by atoms with Crippen molar-refractivity contribution in [2.45, 2.75) is 58.9 Å². The molecular weight excluding hydrogens is 575 g/mol. The number of rotatable bonds is 6. The van der Waals surface area contributed by atoms with Crippen LogP contribution in [-0.2, 0) is 22.7 Å². The molecule has 0 spiro atoms. The molecule has 10 nitrogen and oxygen atoms in total. The van der Waals surface area contributed by atoms with Crippen molar-refractivity contribution in [3.05, 3.63) is 71.1 Å². The van der Waals surface area contributed by atoms with Crippen LogP contribution in [0.1, 0.15) is 38.6 Å². The van der Waals surface area contributed by atoms with E-state index in [0.29, 0.717) is 24.5 Å². The van der Waals surface area contributed by atoms with Gasteiger partial charge in [0.25, 0.3) is 0 Å². The number of fused-ring (bicyclic) bond motifs is 3. The lowest BCUT2D eigenvalue weighted by atomic mass is 10.1. The van der Waals surface area contributed by atoms with E-state index < -0.39 is 12.1 Å². The molecule has 1 amide bonds. The quantitative estimate of drug-likeness (QED) is 0.265. The number of aliphatic carboxylic acids is 1. The zero-order chi connectivity index (χ0) is 30.8. The first kappa shape index (κ1) is 30.6. The second-order valence-corrected chi connectivity index (χ2v) is 11.0. The van der Waals surface area contributed by atoms with Crippen molar-refractivity contribution in [2.24, 2.45) is 0 Å². The molecule has 0 saturated carbocycles. The van der Waals surface area contributed by atoms with E-state index in [2.05, 4.69) is 42.7 Å². The van der Waals surface area contributed by atoms with E-state index in [0.717, 1.165) is 39.5 Å². The number of nitrogens with one attached hydrogen (secondary N) is 1. The number of carbonyl (C=O) groups excluding carboxylic acids is 1. The number of amides is 1. The molecule has 0 radical (unpaired) electrons. The molecule has 0 unspecified atom stereocenters. The summed E-state index contributed by atoms with van der Waals surface area (Å²) in [6.07, 6.45) is -2.80. The van der Waals surface area contributed by atoms with Gasteiger partial charge in [0, 0.05) is 36.3 Å². The van der Waals surface area contributed by atoms with Gasteiger partial charge in [0.2, 0.25) is 5.91 Å². The molecule has 14 heteroatoms. The van der Waals surface area contributed by atoms with Crippen LogP contribution < -0.4 is 5.32 Å². The number of aryl methyl sites for hydroxylation is 2. The van der Waals surface area contributed by atoms with Gasteiger partial charge in [-0.3, -0.25) is 13.9 Å². The minimum absolute atomic E-state index is 0.00935. The smallest absolute Gasteiger partial charge is 0.475 e. The van der Waals surface area contributed by atoms with Crippen molar-refractivity contribution in [1.82, 2.24) is 34.3 Å². The van der Waals surface area contributed by atoms with Crippen molar-refractivity contribution >= 4 is 40.2 Å². The van der Waals surface area contributed by atoms with Crippen LogP contribution in [0.2, 0.25) is 5.02 Å². The zero-order valence-corrected chi connectivity index (χ0v) is 24.0. The van der Waals surface area contributed by atoms with Crippen molar-refractivity contribution in [3.63, 3.8) is 0 Å². The van der Waals surface area contributed by atoms with E-state index in [4.69, 9.17) is 26.6 Å². The first-order valence-corrected chi connectivity index (χ1v) is 13.2. The summed E-state index contributed by atoms with van der Waals surface area (Å²) in [4.78, 5) is 21.2. The van der Waals surface area contributed by atoms with E-state index in [1.54, 1.807) is 0 Å². The van der Waals surface area contributed by atoms with Gasteiger partial charge in [-0.15, -0.1) is 10.2 Å². The third-order valence-corrected chi connectivity index (χ3v) is 6.29. The topological polar surface area (TPSA) is 119 Å². The van der Waals surface area contributed by atoms with Gasteiger partial charge in [0.05, 0.1) is 16.7 Å². The van der Waals surface area contributed by atoms with E-state index >= 15 is 0 Å².